The molecule has 0 aliphatic rings. The van der Waals surface area contributed by atoms with Crippen LogP contribution in [0, 0.1) is 0 Å². The van der Waals surface area contributed by atoms with Crippen LogP contribution < -0.4 is 0 Å². The first-order valence-electron chi connectivity index (χ1n) is 4.54. The number of hydrogen-bond acceptors (Lipinski definition) is 4. The van der Waals surface area contributed by atoms with Gasteiger partial charge in [0.15, 0.2) is 0 Å². The largest absolute Gasteiger partial charge is 0.370 e. The second-order valence-electron chi connectivity index (χ2n) is 3.07. The topological polar surface area (TPSA) is 35.0 Å². The molecule has 16 heavy (non-hydrogen) atoms. The third kappa shape index (κ3) is 3.42. The van der Waals surface area contributed by atoms with Crippen LogP contribution in [0.15, 0.2) is 24.3 Å². The van der Waals surface area contributed by atoms with Crippen molar-refractivity contribution in [3.8, 4) is 0 Å². The molecular formula is C10H8Cl2N2OS. The molecule has 0 saturated carbocycles. The predicted octanol–water partition coefficient (Wildman–Crippen LogP) is 3.56. The van der Waals surface area contributed by atoms with Crippen LogP contribution in [-0.2, 0) is 18.0 Å². The van der Waals surface area contributed by atoms with Crippen LogP contribution in [0.3, 0.4) is 0 Å². The van der Waals surface area contributed by atoms with E-state index in [1.807, 2.05) is 24.3 Å². The summed E-state index contributed by atoms with van der Waals surface area (Å²) in [6, 6.07) is 7.52. The Labute approximate surface area is 107 Å². The number of aromatic nitrogens is 2. The summed E-state index contributed by atoms with van der Waals surface area (Å²) < 4.78 is 5.90. The Bertz CT molecular complexity index is 458. The SMILES string of the molecule is Clc1ccc(COCc2nnc(Cl)s2)cc1. The second-order valence-corrected chi connectivity index (χ2v) is 5.15. The molecule has 0 fully saturated rings. The number of nitrogens with zero attached hydrogens (tertiary/aromatic N) is 2. The van der Waals surface area contributed by atoms with E-state index in [1.54, 1.807) is 0 Å². The highest BCUT2D eigenvalue weighted by atomic mass is 35.5. The van der Waals surface area contributed by atoms with E-state index >= 15 is 0 Å². The second kappa shape index (κ2) is 5.59. The van der Waals surface area contributed by atoms with Crippen LogP contribution in [0.25, 0.3) is 0 Å². The van der Waals surface area contributed by atoms with Gasteiger partial charge in [-0.05, 0) is 29.3 Å². The molecule has 0 unspecified atom stereocenters. The van der Waals surface area contributed by atoms with Gasteiger partial charge in [-0.25, -0.2) is 0 Å². The summed E-state index contributed by atoms with van der Waals surface area (Å²) in [4.78, 5) is 0. The molecule has 1 aromatic carbocycles. The minimum absolute atomic E-state index is 0.424. The van der Waals surface area contributed by atoms with Crippen molar-refractivity contribution in [1.82, 2.24) is 10.2 Å². The fraction of sp³-hybridized carbons (Fsp3) is 0.200. The molecule has 0 spiro atoms. The molecule has 0 bridgehead atoms. The van der Waals surface area contributed by atoms with Gasteiger partial charge in [0.1, 0.15) is 11.6 Å². The van der Waals surface area contributed by atoms with Crippen molar-refractivity contribution in [1.29, 1.82) is 0 Å². The Morgan fingerprint density at radius 3 is 2.44 bits per heavy atom. The van der Waals surface area contributed by atoms with E-state index in [4.69, 9.17) is 27.9 Å². The van der Waals surface area contributed by atoms with E-state index < -0.39 is 0 Å². The molecule has 0 aliphatic carbocycles. The van der Waals surface area contributed by atoms with Gasteiger partial charge in [-0.3, -0.25) is 0 Å². The summed E-state index contributed by atoms with van der Waals surface area (Å²) >= 11 is 12.7. The van der Waals surface area contributed by atoms with Crippen LogP contribution >= 0.6 is 34.5 Å². The quantitative estimate of drug-likeness (QED) is 0.855. The zero-order valence-corrected chi connectivity index (χ0v) is 10.5. The lowest BCUT2D eigenvalue weighted by atomic mass is 10.2. The van der Waals surface area contributed by atoms with Crippen molar-refractivity contribution >= 4 is 34.5 Å². The monoisotopic (exact) mass is 274 g/mol. The molecule has 3 nitrogen and oxygen atoms in total. The van der Waals surface area contributed by atoms with Gasteiger partial charge >= 0.3 is 0 Å². The minimum atomic E-state index is 0.424. The third-order valence-electron chi connectivity index (χ3n) is 1.85. The van der Waals surface area contributed by atoms with Gasteiger partial charge in [0.05, 0.1) is 6.61 Å². The number of hydrogen-bond donors (Lipinski definition) is 0. The third-order valence-corrected chi connectivity index (χ3v) is 3.09. The summed E-state index contributed by atoms with van der Waals surface area (Å²) in [5, 5.41) is 9.04. The van der Waals surface area contributed by atoms with Crippen molar-refractivity contribution in [2.45, 2.75) is 13.2 Å². The van der Waals surface area contributed by atoms with Crippen molar-refractivity contribution in [2.75, 3.05) is 0 Å². The molecule has 0 atom stereocenters. The maximum absolute atomic E-state index is 5.77. The van der Waals surface area contributed by atoms with E-state index in [0.29, 0.717) is 17.7 Å². The summed E-state index contributed by atoms with van der Waals surface area (Å²) in [5.74, 6) is 0. The van der Waals surface area contributed by atoms with Crippen LogP contribution in [0.1, 0.15) is 10.6 Å². The maximum atomic E-state index is 5.77. The summed E-state index contributed by atoms with van der Waals surface area (Å²) in [6.45, 7) is 0.946. The fourth-order valence-corrected chi connectivity index (χ4v) is 2.06. The number of benzene rings is 1. The molecule has 0 aliphatic heterocycles. The molecule has 0 saturated heterocycles. The van der Waals surface area contributed by atoms with Crippen molar-refractivity contribution in [3.63, 3.8) is 0 Å². The van der Waals surface area contributed by atoms with Crippen molar-refractivity contribution in [3.05, 3.63) is 44.3 Å². The predicted molar refractivity (Wildman–Crippen MR) is 64.9 cm³/mol. The first kappa shape index (κ1) is 11.8. The first-order valence-corrected chi connectivity index (χ1v) is 6.11. The van der Waals surface area contributed by atoms with E-state index in [9.17, 15) is 0 Å². The van der Waals surface area contributed by atoms with E-state index in [2.05, 4.69) is 10.2 Å². The van der Waals surface area contributed by atoms with Crippen LogP contribution in [-0.4, -0.2) is 10.2 Å². The number of rotatable bonds is 4. The lowest BCUT2D eigenvalue weighted by Gasteiger charge is -2.01. The highest BCUT2D eigenvalue weighted by Crippen LogP contribution is 2.16. The van der Waals surface area contributed by atoms with Crippen LogP contribution in [0.4, 0.5) is 0 Å². The molecule has 0 radical (unpaired) electrons. The van der Waals surface area contributed by atoms with Gasteiger partial charge in [-0.15, -0.1) is 10.2 Å². The van der Waals surface area contributed by atoms with Gasteiger partial charge in [0.2, 0.25) is 4.47 Å². The Morgan fingerprint density at radius 1 is 1.06 bits per heavy atom. The molecule has 0 amide bonds. The molecular weight excluding hydrogens is 267 g/mol. The zero-order chi connectivity index (χ0) is 11.4. The smallest absolute Gasteiger partial charge is 0.207 e. The van der Waals surface area contributed by atoms with Crippen molar-refractivity contribution < 1.29 is 4.74 Å². The summed E-state index contributed by atoms with van der Waals surface area (Å²) in [7, 11) is 0. The van der Waals surface area contributed by atoms with Gasteiger partial charge in [-0.2, -0.15) is 0 Å². The van der Waals surface area contributed by atoms with E-state index in [-0.39, 0.29) is 0 Å². The Hall–Kier alpha value is -0.680. The maximum Gasteiger partial charge on any atom is 0.207 e. The molecule has 0 N–H and O–H groups in total. The molecule has 6 heteroatoms. The molecule has 84 valence electrons. The van der Waals surface area contributed by atoms with Gasteiger partial charge in [-0.1, -0.05) is 35.1 Å². The standard InChI is InChI=1S/C10H8Cl2N2OS/c11-8-3-1-7(2-4-8)5-15-6-9-13-14-10(12)16-9/h1-4H,5-6H2. The lowest BCUT2D eigenvalue weighted by molar-refractivity contribution is 0.106. The normalized spacial score (nSPS) is 10.6. The van der Waals surface area contributed by atoms with E-state index in [0.717, 1.165) is 15.6 Å². The Kier molecular flexibility index (Phi) is 4.12. The Balaban J connectivity index is 1.82. The average molecular weight is 275 g/mol. The van der Waals surface area contributed by atoms with Crippen LogP contribution in [0.5, 0.6) is 0 Å². The zero-order valence-electron chi connectivity index (χ0n) is 8.19. The van der Waals surface area contributed by atoms with Crippen LogP contribution in [0.2, 0.25) is 9.49 Å². The summed E-state index contributed by atoms with van der Waals surface area (Å²) in [5.41, 5.74) is 1.07. The molecule has 1 aromatic heterocycles. The Morgan fingerprint density at radius 2 is 1.81 bits per heavy atom. The average Bonchev–Trinajstić information content (AvgIpc) is 2.67. The molecule has 1 heterocycles. The van der Waals surface area contributed by atoms with E-state index in [1.165, 1.54) is 11.3 Å². The fourth-order valence-electron chi connectivity index (χ4n) is 1.13. The first-order chi connectivity index (χ1) is 7.74. The summed E-state index contributed by atoms with van der Waals surface area (Å²) in [6.07, 6.45) is 0. The van der Waals surface area contributed by atoms with Gasteiger partial charge in [0.25, 0.3) is 0 Å². The molecule has 2 rings (SSSR count). The van der Waals surface area contributed by atoms with Gasteiger partial charge in [0, 0.05) is 5.02 Å². The number of ether oxygens (including phenoxy) is 1. The van der Waals surface area contributed by atoms with Gasteiger partial charge < -0.3 is 4.74 Å². The van der Waals surface area contributed by atoms with Crippen molar-refractivity contribution in [2.24, 2.45) is 0 Å². The highest BCUT2D eigenvalue weighted by Gasteiger charge is 2.01. The minimum Gasteiger partial charge on any atom is -0.370 e. The molecule has 2 aromatic rings. The lowest BCUT2D eigenvalue weighted by Crippen LogP contribution is -1.93. The highest BCUT2D eigenvalue weighted by molar-refractivity contribution is 7.15. The number of halogens is 2.